The second-order valence-corrected chi connectivity index (χ2v) is 5.00. The maximum absolute atomic E-state index is 11.9. The molecule has 1 amide bonds. The first-order chi connectivity index (χ1) is 9.58. The van der Waals surface area contributed by atoms with E-state index in [2.05, 4.69) is 10.5 Å². The van der Waals surface area contributed by atoms with Gasteiger partial charge in [-0.1, -0.05) is 47.5 Å². The van der Waals surface area contributed by atoms with Gasteiger partial charge in [0.1, 0.15) is 0 Å². The van der Waals surface area contributed by atoms with E-state index in [1.54, 1.807) is 18.3 Å². The Kier molecular flexibility index (Phi) is 4.77. The summed E-state index contributed by atoms with van der Waals surface area (Å²) < 4.78 is 0. The van der Waals surface area contributed by atoms with Crippen molar-refractivity contribution in [3.8, 4) is 0 Å². The average molecular weight is 307 g/mol. The van der Waals surface area contributed by atoms with Gasteiger partial charge in [0.05, 0.1) is 16.3 Å². The summed E-state index contributed by atoms with van der Waals surface area (Å²) in [6.07, 6.45) is 1.60. The van der Waals surface area contributed by atoms with Crippen molar-refractivity contribution in [2.75, 3.05) is 0 Å². The Morgan fingerprint density at radius 3 is 2.60 bits per heavy atom. The first kappa shape index (κ1) is 14.6. The Labute approximate surface area is 127 Å². The van der Waals surface area contributed by atoms with Crippen LogP contribution < -0.4 is 5.43 Å². The van der Waals surface area contributed by atoms with Gasteiger partial charge < -0.3 is 0 Å². The van der Waals surface area contributed by atoms with E-state index in [0.29, 0.717) is 15.6 Å². The number of carbonyl (C=O) groups excluding carboxylic acids is 1. The summed E-state index contributed by atoms with van der Waals surface area (Å²) >= 11 is 11.7. The fourth-order valence-corrected chi connectivity index (χ4v) is 1.89. The Morgan fingerprint density at radius 1 is 1.15 bits per heavy atom. The number of hydrogen-bond donors (Lipinski definition) is 1. The van der Waals surface area contributed by atoms with Crippen molar-refractivity contribution in [2.24, 2.45) is 5.10 Å². The van der Waals surface area contributed by atoms with Gasteiger partial charge in [-0.3, -0.25) is 4.79 Å². The fourth-order valence-electron chi connectivity index (χ4n) is 1.59. The predicted molar refractivity (Wildman–Crippen MR) is 82.7 cm³/mol. The average Bonchev–Trinajstić information content (AvgIpc) is 2.44. The van der Waals surface area contributed by atoms with E-state index in [-0.39, 0.29) is 5.91 Å². The van der Waals surface area contributed by atoms with Crippen LogP contribution in [0.1, 0.15) is 21.5 Å². The zero-order valence-corrected chi connectivity index (χ0v) is 12.2. The molecule has 0 aliphatic heterocycles. The van der Waals surface area contributed by atoms with E-state index >= 15 is 0 Å². The smallest absolute Gasteiger partial charge is 0.267 e. The van der Waals surface area contributed by atoms with Crippen molar-refractivity contribution in [3.63, 3.8) is 0 Å². The number of nitrogens with zero attached hydrogens (tertiary/aromatic N) is 1. The number of rotatable bonds is 3. The number of hydrazone groups is 1. The minimum absolute atomic E-state index is 0.335. The van der Waals surface area contributed by atoms with E-state index in [0.717, 1.165) is 11.1 Å². The highest BCUT2D eigenvalue weighted by Crippen LogP contribution is 2.22. The first-order valence-corrected chi connectivity index (χ1v) is 6.67. The van der Waals surface area contributed by atoms with E-state index in [1.165, 1.54) is 6.07 Å². The SMILES string of the molecule is Cc1ccccc1C=NNC(=O)c1ccc(Cl)c(Cl)c1. The number of aryl methyl sites for hydroxylation is 1. The molecule has 0 aliphatic carbocycles. The third kappa shape index (κ3) is 3.59. The lowest BCUT2D eigenvalue weighted by Crippen LogP contribution is -2.17. The summed E-state index contributed by atoms with van der Waals surface area (Å²) in [4.78, 5) is 11.9. The Hall–Kier alpha value is -1.84. The van der Waals surface area contributed by atoms with Crippen molar-refractivity contribution in [1.82, 2.24) is 5.43 Å². The topological polar surface area (TPSA) is 41.5 Å². The van der Waals surface area contributed by atoms with Crippen LogP contribution >= 0.6 is 23.2 Å². The molecule has 3 nitrogen and oxygen atoms in total. The van der Waals surface area contributed by atoms with Crippen LogP contribution in [0.3, 0.4) is 0 Å². The van der Waals surface area contributed by atoms with Crippen molar-refractivity contribution >= 4 is 35.3 Å². The standard InChI is InChI=1S/C15H12Cl2N2O/c1-10-4-2-3-5-12(10)9-18-19-15(20)11-6-7-13(16)14(17)8-11/h2-9H,1H3,(H,19,20). The van der Waals surface area contributed by atoms with Gasteiger partial charge in [0.15, 0.2) is 0 Å². The molecule has 0 unspecified atom stereocenters. The molecule has 0 saturated heterocycles. The summed E-state index contributed by atoms with van der Waals surface area (Å²) in [5.41, 5.74) is 4.88. The molecular formula is C15H12Cl2N2O. The highest BCUT2D eigenvalue weighted by atomic mass is 35.5. The normalized spacial score (nSPS) is 10.8. The van der Waals surface area contributed by atoms with Crippen LogP contribution in [0, 0.1) is 6.92 Å². The number of amides is 1. The van der Waals surface area contributed by atoms with Crippen molar-refractivity contribution in [1.29, 1.82) is 0 Å². The number of hydrogen-bond acceptors (Lipinski definition) is 2. The number of halogens is 2. The molecule has 0 fully saturated rings. The molecule has 0 aliphatic rings. The molecular weight excluding hydrogens is 295 g/mol. The van der Waals surface area contributed by atoms with E-state index < -0.39 is 0 Å². The summed E-state index contributed by atoms with van der Waals surface area (Å²) in [7, 11) is 0. The van der Waals surface area contributed by atoms with Crippen molar-refractivity contribution < 1.29 is 4.79 Å². The molecule has 102 valence electrons. The third-order valence-electron chi connectivity index (χ3n) is 2.74. The Bertz CT molecular complexity index is 669. The number of carbonyl (C=O) groups is 1. The lowest BCUT2D eigenvalue weighted by atomic mass is 10.1. The second-order valence-electron chi connectivity index (χ2n) is 4.18. The van der Waals surface area contributed by atoms with Gasteiger partial charge in [-0.05, 0) is 36.2 Å². The quantitative estimate of drug-likeness (QED) is 0.674. The summed E-state index contributed by atoms with van der Waals surface area (Å²) in [6, 6.07) is 12.4. The maximum Gasteiger partial charge on any atom is 0.271 e. The Morgan fingerprint density at radius 2 is 1.90 bits per heavy atom. The molecule has 0 radical (unpaired) electrons. The van der Waals surface area contributed by atoms with E-state index in [1.807, 2.05) is 31.2 Å². The third-order valence-corrected chi connectivity index (χ3v) is 3.48. The molecule has 2 rings (SSSR count). The second kappa shape index (κ2) is 6.55. The van der Waals surface area contributed by atoms with Gasteiger partial charge in [0, 0.05) is 5.56 Å². The van der Waals surface area contributed by atoms with Crippen LogP contribution in [0.4, 0.5) is 0 Å². The Balaban J connectivity index is 2.05. The summed E-state index contributed by atoms with van der Waals surface area (Å²) in [5.74, 6) is -0.339. The molecule has 0 spiro atoms. The van der Waals surface area contributed by atoms with Crippen molar-refractivity contribution in [2.45, 2.75) is 6.92 Å². The summed E-state index contributed by atoms with van der Waals surface area (Å²) in [6.45, 7) is 1.97. The van der Waals surface area contributed by atoms with Gasteiger partial charge >= 0.3 is 0 Å². The van der Waals surface area contributed by atoms with E-state index in [4.69, 9.17) is 23.2 Å². The minimum atomic E-state index is -0.339. The van der Waals surface area contributed by atoms with Gasteiger partial charge in [0.25, 0.3) is 5.91 Å². The van der Waals surface area contributed by atoms with E-state index in [9.17, 15) is 4.79 Å². The molecule has 0 bridgehead atoms. The molecule has 20 heavy (non-hydrogen) atoms. The van der Waals surface area contributed by atoms with Crippen LogP contribution in [-0.2, 0) is 0 Å². The van der Waals surface area contributed by atoms with Crippen LogP contribution in [0.5, 0.6) is 0 Å². The monoisotopic (exact) mass is 306 g/mol. The zero-order chi connectivity index (χ0) is 14.5. The molecule has 0 saturated carbocycles. The summed E-state index contributed by atoms with van der Waals surface area (Å²) in [5, 5.41) is 4.67. The zero-order valence-electron chi connectivity index (χ0n) is 10.7. The number of benzene rings is 2. The van der Waals surface area contributed by atoms with Crippen LogP contribution in [-0.4, -0.2) is 12.1 Å². The number of nitrogens with one attached hydrogen (secondary N) is 1. The molecule has 0 aromatic heterocycles. The first-order valence-electron chi connectivity index (χ1n) is 5.92. The van der Waals surface area contributed by atoms with Crippen LogP contribution in [0.25, 0.3) is 0 Å². The molecule has 0 heterocycles. The fraction of sp³-hybridized carbons (Fsp3) is 0.0667. The highest BCUT2D eigenvalue weighted by molar-refractivity contribution is 6.42. The molecule has 2 aromatic rings. The largest absolute Gasteiger partial charge is 0.271 e. The molecule has 5 heteroatoms. The highest BCUT2D eigenvalue weighted by Gasteiger charge is 2.06. The van der Waals surface area contributed by atoms with Gasteiger partial charge in [-0.15, -0.1) is 0 Å². The van der Waals surface area contributed by atoms with Gasteiger partial charge in [0.2, 0.25) is 0 Å². The molecule has 1 N–H and O–H groups in total. The van der Waals surface area contributed by atoms with Gasteiger partial charge in [-0.25, -0.2) is 5.43 Å². The molecule has 0 atom stereocenters. The predicted octanol–water partition coefficient (Wildman–Crippen LogP) is 4.07. The lowest BCUT2D eigenvalue weighted by molar-refractivity contribution is 0.0955. The maximum atomic E-state index is 11.9. The van der Waals surface area contributed by atoms with Gasteiger partial charge in [-0.2, -0.15) is 5.10 Å². The van der Waals surface area contributed by atoms with Crippen LogP contribution in [0.2, 0.25) is 10.0 Å². The lowest BCUT2D eigenvalue weighted by Gasteiger charge is -2.02. The minimum Gasteiger partial charge on any atom is -0.267 e. The van der Waals surface area contributed by atoms with Crippen molar-refractivity contribution in [3.05, 3.63) is 69.2 Å². The molecule has 2 aromatic carbocycles. The van der Waals surface area contributed by atoms with Crippen LogP contribution in [0.15, 0.2) is 47.6 Å².